The molecule has 0 aliphatic carbocycles. The van der Waals surface area contributed by atoms with Crippen LogP contribution in [0, 0.1) is 5.92 Å². The standard InChI is InChI=1S/C20H25N5O3S/c1-23-18(21-22-20(23)29-3)16-5-4-10-24(16)19(27)13-11-17(26)25(12-13)14-6-8-15(28-2)9-7-14/h6-9,13,16H,4-5,10-12H2,1-3H3/t13-,16-/m1/s1. The minimum absolute atomic E-state index is 0.0207. The highest BCUT2D eigenvalue weighted by Gasteiger charge is 2.41. The van der Waals surface area contributed by atoms with Gasteiger partial charge in [0.1, 0.15) is 5.75 Å². The van der Waals surface area contributed by atoms with Crippen LogP contribution in [0.1, 0.15) is 31.1 Å². The van der Waals surface area contributed by atoms with E-state index < -0.39 is 0 Å². The van der Waals surface area contributed by atoms with Crippen molar-refractivity contribution in [2.75, 3.05) is 31.4 Å². The van der Waals surface area contributed by atoms with Gasteiger partial charge in [0.15, 0.2) is 11.0 Å². The Labute approximate surface area is 174 Å². The molecule has 154 valence electrons. The van der Waals surface area contributed by atoms with Crippen LogP contribution in [0.15, 0.2) is 29.4 Å². The first-order valence-electron chi connectivity index (χ1n) is 9.71. The van der Waals surface area contributed by atoms with E-state index in [1.54, 1.807) is 12.0 Å². The highest BCUT2D eigenvalue weighted by molar-refractivity contribution is 7.98. The minimum Gasteiger partial charge on any atom is -0.497 e. The predicted octanol–water partition coefficient (Wildman–Crippen LogP) is 2.26. The van der Waals surface area contributed by atoms with Crippen LogP contribution in [-0.4, -0.2) is 57.9 Å². The molecular formula is C20H25N5O3S. The van der Waals surface area contributed by atoms with Crippen LogP contribution in [0.2, 0.25) is 0 Å². The SMILES string of the molecule is COc1ccc(N2C[C@H](C(=O)N3CCC[C@@H]3c3nnc(SC)n3C)CC2=O)cc1. The molecule has 0 spiro atoms. The number of thioether (sulfide) groups is 1. The summed E-state index contributed by atoms with van der Waals surface area (Å²) in [4.78, 5) is 29.5. The van der Waals surface area contributed by atoms with Gasteiger partial charge in [0, 0.05) is 32.2 Å². The molecule has 1 aromatic heterocycles. The monoisotopic (exact) mass is 415 g/mol. The number of rotatable bonds is 5. The number of likely N-dealkylation sites (tertiary alicyclic amines) is 1. The Bertz CT molecular complexity index is 913. The molecule has 29 heavy (non-hydrogen) atoms. The Kier molecular flexibility index (Phi) is 5.49. The molecule has 9 heteroatoms. The number of benzene rings is 1. The first kappa shape index (κ1) is 19.8. The number of hydrogen-bond acceptors (Lipinski definition) is 6. The van der Waals surface area contributed by atoms with Gasteiger partial charge in [0.2, 0.25) is 11.8 Å². The summed E-state index contributed by atoms with van der Waals surface area (Å²) in [6.45, 7) is 1.10. The van der Waals surface area contributed by atoms with Crippen LogP contribution in [0.4, 0.5) is 5.69 Å². The lowest BCUT2D eigenvalue weighted by Gasteiger charge is -2.26. The van der Waals surface area contributed by atoms with Gasteiger partial charge in [-0.15, -0.1) is 10.2 Å². The molecule has 2 fully saturated rings. The number of carbonyl (C=O) groups excluding carboxylic acids is 2. The maximum Gasteiger partial charge on any atom is 0.228 e. The van der Waals surface area contributed by atoms with Gasteiger partial charge in [-0.2, -0.15) is 0 Å². The summed E-state index contributed by atoms with van der Waals surface area (Å²) in [6, 6.07) is 7.28. The maximum absolute atomic E-state index is 13.3. The van der Waals surface area contributed by atoms with E-state index in [0.717, 1.165) is 35.3 Å². The number of anilines is 1. The van der Waals surface area contributed by atoms with E-state index in [1.807, 2.05) is 47.0 Å². The summed E-state index contributed by atoms with van der Waals surface area (Å²) >= 11 is 1.54. The molecule has 2 atom stereocenters. The van der Waals surface area contributed by atoms with Crippen molar-refractivity contribution in [3.8, 4) is 5.75 Å². The van der Waals surface area contributed by atoms with Gasteiger partial charge in [-0.05, 0) is 43.4 Å². The number of amides is 2. The Morgan fingerprint density at radius 2 is 2.00 bits per heavy atom. The second-order valence-electron chi connectivity index (χ2n) is 7.40. The fourth-order valence-electron chi connectivity index (χ4n) is 4.21. The summed E-state index contributed by atoms with van der Waals surface area (Å²) in [5.41, 5.74) is 0.794. The molecule has 2 amide bonds. The summed E-state index contributed by atoms with van der Waals surface area (Å²) < 4.78 is 7.14. The molecule has 2 aliphatic heterocycles. The molecule has 0 N–H and O–H groups in total. The molecular weight excluding hydrogens is 390 g/mol. The van der Waals surface area contributed by atoms with E-state index in [4.69, 9.17) is 4.74 Å². The second-order valence-corrected chi connectivity index (χ2v) is 8.17. The Balaban J connectivity index is 1.50. The van der Waals surface area contributed by atoms with Crippen molar-refractivity contribution >= 4 is 29.3 Å². The van der Waals surface area contributed by atoms with Crippen molar-refractivity contribution in [2.45, 2.75) is 30.5 Å². The molecule has 8 nitrogen and oxygen atoms in total. The molecule has 0 unspecified atom stereocenters. The summed E-state index contributed by atoms with van der Waals surface area (Å²) in [6.07, 6.45) is 4.00. The van der Waals surface area contributed by atoms with Gasteiger partial charge >= 0.3 is 0 Å². The zero-order valence-corrected chi connectivity index (χ0v) is 17.7. The largest absolute Gasteiger partial charge is 0.497 e. The van der Waals surface area contributed by atoms with Crippen LogP contribution in [0.25, 0.3) is 0 Å². The zero-order valence-electron chi connectivity index (χ0n) is 16.9. The number of hydrogen-bond donors (Lipinski definition) is 0. The third-order valence-corrected chi connectivity index (χ3v) is 6.46. The fraction of sp³-hybridized carbons (Fsp3) is 0.500. The highest BCUT2D eigenvalue weighted by atomic mass is 32.2. The van der Waals surface area contributed by atoms with E-state index in [0.29, 0.717) is 13.1 Å². The van der Waals surface area contributed by atoms with E-state index in [-0.39, 0.29) is 30.2 Å². The zero-order chi connectivity index (χ0) is 20.5. The van der Waals surface area contributed by atoms with Gasteiger partial charge in [0.05, 0.1) is 19.1 Å². The second kappa shape index (κ2) is 8.06. The lowest BCUT2D eigenvalue weighted by Crippen LogP contribution is -2.37. The quantitative estimate of drug-likeness (QED) is 0.697. The lowest BCUT2D eigenvalue weighted by atomic mass is 10.1. The van der Waals surface area contributed by atoms with Gasteiger partial charge in [-0.1, -0.05) is 11.8 Å². The van der Waals surface area contributed by atoms with Crippen LogP contribution >= 0.6 is 11.8 Å². The molecule has 3 heterocycles. The van der Waals surface area contributed by atoms with Crippen molar-refractivity contribution in [2.24, 2.45) is 13.0 Å². The Morgan fingerprint density at radius 3 is 2.66 bits per heavy atom. The van der Waals surface area contributed by atoms with Crippen molar-refractivity contribution in [1.82, 2.24) is 19.7 Å². The number of aromatic nitrogens is 3. The van der Waals surface area contributed by atoms with E-state index >= 15 is 0 Å². The first-order valence-corrected chi connectivity index (χ1v) is 10.9. The van der Waals surface area contributed by atoms with Crippen LogP contribution in [0.3, 0.4) is 0 Å². The molecule has 2 aromatic rings. The van der Waals surface area contributed by atoms with Gasteiger partial charge in [-0.3, -0.25) is 9.59 Å². The topological polar surface area (TPSA) is 80.6 Å². The van der Waals surface area contributed by atoms with Crippen LogP contribution in [-0.2, 0) is 16.6 Å². The van der Waals surface area contributed by atoms with Crippen molar-refractivity contribution in [1.29, 1.82) is 0 Å². The maximum atomic E-state index is 13.3. The Hall–Kier alpha value is -2.55. The predicted molar refractivity (Wildman–Crippen MR) is 110 cm³/mol. The molecule has 2 saturated heterocycles. The van der Waals surface area contributed by atoms with Gasteiger partial charge < -0.3 is 19.1 Å². The summed E-state index contributed by atoms with van der Waals surface area (Å²) in [5.74, 6) is 1.23. The van der Waals surface area contributed by atoms with Crippen LogP contribution < -0.4 is 9.64 Å². The number of carbonyl (C=O) groups is 2. The van der Waals surface area contributed by atoms with E-state index in [1.165, 1.54) is 11.8 Å². The molecule has 2 aliphatic rings. The minimum atomic E-state index is -0.335. The normalized spacial score (nSPS) is 21.8. The van der Waals surface area contributed by atoms with Gasteiger partial charge in [0.25, 0.3) is 0 Å². The third kappa shape index (κ3) is 3.59. The van der Waals surface area contributed by atoms with E-state index in [9.17, 15) is 9.59 Å². The molecule has 4 rings (SSSR count). The average Bonchev–Trinajstić information content (AvgIpc) is 3.45. The Morgan fingerprint density at radius 1 is 1.24 bits per heavy atom. The molecule has 1 aromatic carbocycles. The summed E-state index contributed by atoms with van der Waals surface area (Å²) in [5, 5.41) is 9.38. The van der Waals surface area contributed by atoms with Crippen molar-refractivity contribution in [3.05, 3.63) is 30.1 Å². The van der Waals surface area contributed by atoms with Crippen molar-refractivity contribution in [3.63, 3.8) is 0 Å². The summed E-state index contributed by atoms with van der Waals surface area (Å²) in [7, 11) is 3.54. The molecule has 0 saturated carbocycles. The lowest BCUT2D eigenvalue weighted by molar-refractivity contribution is -0.136. The first-order chi connectivity index (χ1) is 14.0. The fourth-order valence-corrected chi connectivity index (χ4v) is 4.70. The number of methoxy groups -OCH3 is 1. The highest BCUT2D eigenvalue weighted by Crippen LogP contribution is 2.35. The number of ether oxygens (including phenoxy) is 1. The van der Waals surface area contributed by atoms with Crippen molar-refractivity contribution < 1.29 is 14.3 Å². The number of nitrogens with zero attached hydrogens (tertiary/aromatic N) is 5. The van der Waals surface area contributed by atoms with E-state index in [2.05, 4.69) is 10.2 Å². The van der Waals surface area contributed by atoms with Gasteiger partial charge in [-0.25, -0.2) is 0 Å². The molecule has 0 bridgehead atoms. The molecule has 0 radical (unpaired) electrons. The van der Waals surface area contributed by atoms with Crippen LogP contribution in [0.5, 0.6) is 5.75 Å². The average molecular weight is 416 g/mol. The third-order valence-electron chi connectivity index (χ3n) is 5.74. The smallest absolute Gasteiger partial charge is 0.228 e.